The lowest BCUT2D eigenvalue weighted by atomic mass is 10.1. The fourth-order valence-corrected chi connectivity index (χ4v) is 4.60. The topological polar surface area (TPSA) is 70.7 Å². The molecule has 0 bridgehead atoms. The van der Waals surface area contributed by atoms with Gasteiger partial charge in [0.15, 0.2) is 5.65 Å². The van der Waals surface area contributed by atoms with E-state index in [-0.39, 0.29) is 18.5 Å². The Morgan fingerprint density at radius 1 is 1.09 bits per heavy atom. The fraction of sp³-hybridized carbons (Fsp3) is 0.208. The minimum atomic E-state index is -2.78. The number of benzene rings is 1. The molecule has 0 radical (unpaired) electrons. The van der Waals surface area contributed by atoms with Crippen molar-refractivity contribution >= 4 is 17.0 Å². The van der Waals surface area contributed by atoms with E-state index in [0.29, 0.717) is 33.8 Å². The Hall–Kier alpha value is -4.01. The first-order valence-corrected chi connectivity index (χ1v) is 10.7. The molecule has 7 nitrogen and oxygen atoms in total. The van der Waals surface area contributed by atoms with Crippen molar-refractivity contribution in [3.05, 3.63) is 77.1 Å². The van der Waals surface area contributed by atoms with Gasteiger partial charge in [-0.25, -0.2) is 13.8 Å². The van der Waals surface area contributed by atoms with Crippen LogP contribution in [0, 0.1) is 6.92 Å². The maximum Gasteiger partial charge on any atom is 0.282 e. The number of alkyl halides is 2. The molecule has 1 fully saturated rings. The van der Waals surface area contributed by atoms with Crippen LogP contribution >= 0.6 is 0 Å². The zero-order chi connectivity index (χ0) is 22.7. The zero-order valence-electron chi connectivity index (χ0n) is 17.8. The summed E-state index contributed by atoms with van der Waals surface area (Å²) in [6.07, 6.45) is 5.12. The molecule has 1 aliphatic heterocycles. The second kappa shape index (κ2) is 6.99. The number of aromatic amines is 1. The van der Waals surface area contributed by atoms with Gasteiger partial charge in [-0.15, -0.1) is 0 Å². The Morgan fingerprint density at radius 2 is 1.91 bits per heavy atom. The Bertz CT molecular complexity index is 1570. The summed E-state index contributed by atoms with van der Waals surface area (Å²) in [5.41, 5.74) is 4.49. The highest BCUT2D eigenvalue weighted by atomic mass is 19.3. The first-order chi connectivity index (χ1) is 15.9. The van der Waals surface area contributed by atoms with E-state index >= 15 is 0 Å². The molecule has 5 heterocycles. The number of halogens is 2. The van der Waals surface area contributed by atoms with Crippen molar-refractivity contribution in [2.75, 3.05) is 18.0 Å². The average Bonchev–Trinajstić information content (AvgIpc) is 3.50. The first-order valence-electron chi connectivity index (χ1n) is 10.7. The Labute approximate surface area is 186 Å². The number of anilines is 1. The second-order valence-corrected chi connectivity index (χ2v) is 8.39. The molecule has 1 aliphatic rings. The van der Waals surface area contributed by atoms with E-state index in [4.69, 9.17) is 0 Å². The third kappa shape index (κ3) is 3.11. The SMILES string of the molecule is Cc1[nH]c2c(N3CCC(F)(F)C3)c(-c3ccccc3)nn2c(=O)c1-c1ccc2nccn2c1. The third-order valence-corrected chi connectivity index (χ3v) is 6.16. The van der Waals surface area contributed by atoms with Crippen LogP contribution in [0.5, 0.6) is 0 Å². The lowest BCUT2D eigenvalue weighted by molar-refractivity contribution is 0.0257. The van der Waals surface area contributed by atoms with Crippen LogP contribution in [-0.2, 0) is 0 Å². The summed E-state index contributed by atoms with van der Waals surface area (Å²) >= 11 is 0. The van der Waals surface area contributed by atoms with E-state index in [1.807, 2.05) is 66.2 Å². The van der Waals surface area contributed by atoms with E-state index in [1.165, 1.54) is 4.52 Å². The summed E-state index contributed by atoms with van der Waals surface area (Å²) in [7, 11) is 0. The van der Waals surface area contributed by atoms with Gasteiger partial charge in [-0.1, -0.05) is 30.3 Å². The van der Waals surface area contributed by atoms with Gasteiger partial charge in [0.25, 0.3) is 11.5 Å². The summed E-state index contributed by atoms with van der Waals surface area (Å²) < 4.78 is 31.4. The zero-order valence-corrected chi connectivity index (χ0v) is 17.8. The van der Waals surface area contributed by atoms with Crippen LogP contribution in [0.2, 0.25) is 0 Å². The molecule has 0 amide bonds. The molecule has 1 aromatic carbocycles. The molecule has 4 aromatic heterocycles. The van der Waals surface area contributed by atoms with Crippen LogP contribution in [0.15, 0.2) is 65.8 Å². The van der Waals surface area contributed by atoms with Crippen molar-refractivity contribution < 1.29 is 8.78 Å². The maximum absolute atomic E-state index is 14.1. The predicted molar refractivity (Wildman–Crippen MR) is 122 cm³/mol. The summed E-state index contributed by atoms with van der Waals surface area (Å²) in [4.78, 5) is 22.8. The molecule has 1 saturated heterocycles. The number of rotatable bonds is 3. The molecule has 0 spiro atoms. The molecule has 0 saturated carbocycles. The number of nitrogens with one attached hydrogen (secondary N) is 1. The van der Waals surface area contributed by atoms with Crippen molar-refractivity contribution in [1.29, 1.82) is 0 Å². The van der Waals surface area contributed by atoms with Crippen LogP contribution in [0.3, 0.4) is 0 Å². The molecule has 0 atom stereocenters. The number of aryl methyl sites for hydroxylation is 1. The van der Waals surface area contributed by atoms with Gasteiger partial charge in [0.05, 0.1) is 12.1 Å². The van der Waals surface area contributed by atoms with Crippen molar-refractivity contribution in [1.82, 2.24) is 24.0 Å². The number of H-pyrrole nitrogens is 1. The van der Waals surface area contributed by atoms with Crippen molar-refractivity contribution in [3.8, 4) is 22.4 Å². The fourth-order valence-electron chi connectivity index (χ4n) is 4.60. The van der Waals surface area contributed by atoms with Crippen LogP contribution in [0.4, 0.5) is 14.5 Å². The average molecular weight is 446 g/mol. The highest BCUT2D eigenvalue weighted by Gasteiger charge is 2.40. The van der Waals surface area contributed by atoms with Gasteiger partial charge in [-0.3, -0.25) is 4.79 Å². The number of fused-ring (bicyclic) bond motifs is 2. The number of pyridine rings is 1. The molecule has 6 rings (SSSR count). The van der Waals surface area contributed by atoms with E-state index < -0.39 is 12.5 Å². The smallest absolute Gasteiger partial charge is 0.282 e. The Balaban J connectivity index is 1.61. The molecule has 5 aromatic rings. The van der Waals surface area contributed by atoms with E-state index in [9.17, 15) is 13.6 Å². The normalized spacial score (nSPS) is 15.7. The van der Waals surface area contributed by atoms with Gasteiger partial charge < -0.3 is 14.3 Å². The summed E-state index contributed by atoms with van der Waals surface area (Å²) in [5, 5.41) is 4.62. The third-order valence-electron chi connectivity index (χ3n) is 6.16. The van der Waals surface area contributed by atoms with Crippen LogP contribution in [0.25, 0.3) is 33.7 Å². The van der Waals surface area contributed by atoms with Crippen molar-refractivity contribution in [3.63, 3.8) is 0 Å². The molecule has 33 heavy (non-hydrogen) atoms. The highest BCUT2D eigenvalue weighted by Crippen LogP contribution is 2.39. The molecular formula is C24H20F2N6O. The molecule has 0 aliphatic carbocycles. The molecule has 1 N–H and O–H groups in total. The number of hydrogen-bond acceptors (Lipinski definition) is 4. The van der Waals surface area contributed by atoms with Gasteiger partial charge in [0.2, 0.25) is 0 Å². The monoisotopic (exact) mass is 446 g/mol. The number of nitrogens with zero attached hydrogens (tertiary/aromatic N) is 5. The van der Waals surface area contributed by atoms with Gasteiger partial charge in [0, 0.05) is 48.4 Å². The van der Waals surface area contributed by atoms with E-state index in [0.717, 1.165) is 11.2 Å². The largest absolute Gasteiger partial charge is 0.360 e. The van der Waals surface area contributed by atoms with Crippen molar-refractivity contribution in [2.24, 2.45) is 0 Å². The first kappa shape index (κ1) is 19.7. The van der Waals surface area contributed by atoms with Crippen LogP contribution < -0.4 is 10.5 Å². The highest BCUT2D eigenvalue weighted by molar-refractivity contribution is 5.87. The predicted octanol–water partition coefficient (Wildman–Crippen LogP) is 4.16. The van der Waals surface area contributed by atoms with Crippen LogP contribution in [-0.4, -0.2) is 43.0 Å². The van der Waals surface area contributed by atoms with Gasteiger partial charge >= 0.3 is 0 Å². The van der Waals surface area contributed by atoms with Crippen LogP contribution in [0.1, 0.15) is 12.1 Å². The minimum Gasteiger partial charge on any atom is -0.360 e. The molecule has 166 valence electrons. The minimum absolute atomic E-state index is 0.189. The lowest BCUT2D eigenvalue weighted by Gasteiger charge is -2.19. The van der Waals surface area contributed by atoms with E-state index in [1.54, 1.807) is 11.1 Å². The second-order valence-electron chi connectivity index (χ2n) is 8.39. The molecule has 0 unspecified atom stereocenters. The summed E-state index contributed by atoms with van der Waals surface area (Å²) in [5.74, 6) is -2.78. The van der Waals surface area contributed by atoms with E-state index in [2.05, 4.69) is 15.1 Å². The lowest BCUT2D eigenvalue weighted by Crippen LogP contribution is -2.26. The molecule has 9 heteroatoms. The molecular weight excluding hydrogens is 426 g/mol. The summed E-state index contributed by atoms with van der Waals surface area (Å²) in [6, 6.07) is 13.0. The van der Waals surface area contributed by atoms with Crippen molar-refractivity contribution in [2.45, 2.75) is 19.3 Å². The standard InChI is InChI=1S/C24H20F2N6O/c1-15-19(17-7-8-18-27-10-12-30(18)13-17)23(33)32-22(28-15)21(31-11-9-24(25,26)14-31)20(29-32)16-5-3-2-4-6-16/h2-8,10,12-13,28H,9,11,14H2,1H3. The van der Waals surface area contributed by atoms with Gasteiger partial charge in [0.1, 0.15) is 17.0 Å². The number of hydrogen-bond donors (Lipinski definition) is 1. The number of aromatic nitrogens is 5. The Morgan fingerprint density at radius 3 is 2.67 bits per heavy atom. The van der Waals surface area contributed by atoms with Gasteiger partial charge in [-0.2, -0.15) is 9.61 Å². The Kier molecular flexibility index (Phi) is 4.17. The quantitative estimate of drug-likeness (QED) is 0.452. The number of imidazole rings is 1. The maximum atomic E-state index is 14.1. The summed E-state index contributed by atoms with van der Waals surface area (Å²) in [6.45, 7) is 1.59. The van der Waals surface area contributed by atoms with Gasteiger partial charge in [-0.05, 0) is 19.1 Å².